The Labute approximate surface area is 113 Å². The first kappa shape index (κ1) is 12.9. The molecule has 0 aliphatic heterocycles. The fraction of sp³-hybridized carbons (Fsp3) is 0.100. The Kier molecular flexibility index (Phi) is 4.55. The van der Waals surface area contributed by atoms with Crippen LogP contribution in [-0.2, 0) is 4.79 Å². The van der Waals surface area contributed by atoms with Crippen molar-refractivity contribution in [2.45, 2.75) is 6.92 Å². The lowest BCUT2D eigenvalue weighted by molar-refractivity contribution is -0.132. The van der Waals surface area contributed by atoms with Crippen LogP contribution in [0, 0.1) is 0 Å². The monoisotopic (exact) mass is 396 g/mol. The molecule has 0 unspecified atom stereocenters. The van der Waals surface area contributed by atoms with Crippen LogP contribution in [0.15, 0.2) is 31.1 Å². The molecule has 1 aromatic carbocycles. The molecule has 0 aliphatic carbocycles. The summed E-state index contributed by atoms with van der Waals surface area (Å²) in [7, 11) is 0. The smallest absolute Gasteiger partial charge is 0.331 e. The van der Waals surface area contributed by atoms with Crippen LogP contribution in [0.25, 0.3) is 6.08 Å². The summed E-state index contributed by atoms with van der Waals surface area (Å²) in [6.07, 6.45) is 1.61. The van der Waals surface area contributed by atoms with E-state index in [0.29, 0.717) is 5.57 Å². The number of hydrogen-bond donors (Lipinski definition) is 1. The molecule has 0 atom stereocenters. The summed E-state index contributed by atoms with van der Waals surface area (Å²) in [5.74, 6) is -0.920. The SMILES string of the molecule is CC(=Cc1c(Br)cc(Br)cc1Br)C(=O)O. The lowest BCUT2D eigenvalue weighted by Crippen LogP contribution is -1.96. The predicted molar refractivity (Wildman–Crippen MR) is 70.8 cm³/mol. The molecule has 0 spiro atoms. The van der Waals surface area contributed by atoms with Gasteiger partial charge in [0.05, 0.1) is 0 Å². The van der Waals surface area contributed by atoms with E-state index in [-0.39, 0.29) is 0 Å². The topological polar surface area (TPSA) is 37.3 Å². The van der Waals surface area contributed by atoms with Gasteiger partial charge in [0.25, 0.3) is 0 Å². The minimum Gasteiger partial charge on any atom is -0.478 e. The quantitative estimate of drug-likeness (QED) is 0.747. The molecule has 0 radical (unpaired) electrons. The molecule has 1 aromatic rings. The molecular formula is C10H7Br3O2. The number of carboxylic acids is 1. The van der Waals surface area contributed by atoms with E-state index in [2.05, 4.69) is 47.8 Å². The second kappa shape index (κ2) is 5.27. The zero-order valence-corrected chi connectivity index (χ0v) is 12.5. The number of carbonyl (C=O) groups is 1. The van der Waals surface area contributed by atoms with Crippen LogP contribution in [-0.4, -0.2) is 11.1 Å². The first-order chi connectivity index (χ1) is 6.91. The van der Waals surface area contributed by atoms with Crippen LogP contribution in [0.1, 0.15) is 12.5 Å². The molecule has 0 bridgehead atoms. The third-order valence-electron chi connectivity index (χ3n) is 1.74. The molecule has 15 heavy (non-hydrogen) atoms. The summed E-state index contributed by atoms with van der Waals surface area (Å²) in [6.45, 7) is 1.56. The van der Waals surface area contributed by atoms with E-state index in [1.54, 1.807) is 13.0 Å². The van der Waals surface area contributed by atoms with Gasteiger partial charge in [-0.1, -0.05) is 47.8 Å². The minimum absolute atomic E-state index is 0.290. The van der Waals surface area contributed by atoms with Crippen molar-refractivity contribution in [3.63, 3.8) is 0 Å². The average molecular weight is 399 g/mol. The first-order valence-corrected chi connectivity index (χ1v) is 6.36. The molecule has 1 N–H and O–H groups in total. The van der Waals surface area contributed by atoms with E-state index in [4.69, 9.17) is 5.11 Å². The second-order valence-electron chi connectivity index (χ2n) is 2.92. The summed E-state index contributed by atoms with van der Waals surface area (Å²) >= 11 is 10.1. The van der Waals surface area contributed by atoms with Gasteiger partial charge in [-0.05, 0) is 25.1 Å². The van der Waals surface area contributed by atoms with Gasteiger partial charge >= 0.3 is 5.97 Å². The molecule has 1 rings (SSSR count). The highest BCUT2D eigenvalue weighted by molar-refractivity contribution is 9.11. The predicted octanol–water partition coefficient (Wildman–Crippen LogP) is 4.46. The van der Waals surface area contributed by atoms with E-state index in [9.17, 15) is 4.79 Å². The highest BCUT2D eigenvalue weighted by Gasteiger charge is 2.07. The van der Waals surface area contributed by atoms with Gasteiger partial charge in [0.15, 0.2) is 0 Å². The van der Waals surface area contributed by atoms with Crippen molar-refractivity contribution >= 4 is 59.8 Å². The number of hydrogen-bond acceptors (Lipinski definition) is 1. The summed E-state index contributed by atoms with van der Waals surface area (Å²) in [6, 6.07) is 3.73. The average Bonchev–Trinajstić information content (AvgIpc) is 2.10. The lowest BCUT2D eigenvalue weighted by Gasteiger charge is -2.04. The molecule has 0 saturated carbocycles. The van der Waals surface area contributed by atoms with Crippen LogP contribution in [0.3, 0.4) is 0 Å². The molecular weight excluding hydrogens is 392 g/mol. The second-order valence-corrected chi connectivity index (χ2v) is 5.54. The van der Waals surface area contributed by atoms with Crippen molar-refractivity contribution in [2.24, 2.45) is 0 Å². The van der Waals surface area contributed by atoms with Crippen molar-refractivity contribution in [1.82, 2.24) is 0 Å². The van der Waals surface area contributed by atoms with Gasteiger partial charge < -0.3 is 5.11 Å². The normalized spacial score (nSPS) is 11.6. The van der Waals surface area contributed by atoms with Crippen molar-refractivity contribution in [1.29, 1.82) is 0 Å². The third-order valence-corrected chi connectivity index (χ3v) is 3.51. The Bertz CT molecular complexity index is 415. The fourth-order valence-corrected chi connectivity index (χ4v) is 3.46. The van der Waals surface area contributed by atoms with E-state index in [1.807, 2.05) is 12.1 Å². The van der Waals surface area contributed by atoms with E-state index < -0.39 is 5.97 Å². The van der Waals surface area contributed by atoms with Gasteiger partial charge in [0.2, 0.25) is 0 Å². The van der Waals surface area contributed by atoms with Gasteiger partial charge in [-0.3, -0.25) is 0 Å². The summed E-state index contributed by atoms with van der Waals surface area (Å²) < 4.78 is 2.60. The molecule has 0 aromatic heterocycles. The number of carboxylic acid groups (broad SMARTS) is 1. The zero-order chi connectivity index (χ0) is 11.6. The highest BCUT2D eigenvalue weighted by atomic mass is 79.9. The van der Waals surface area contributed by atoms with Gasteiger partial charge in [0, 0.05) is 24.6 Å². The number of aliphatic carboxylic acids is 1. The van der Waals surface area contributed by atoms with Crippen LogP contribution in [0.2, 0.25) is 0 Å². The molecule has 0 fully saturated rings. The Balaban J connectivity index is 3.27. The largest absolute Gasteiger partial charge is 0.478 e. The van der Waals surface area contributed by atoms with E-state index in [0.717, 1.165) is 19.0 Å². The Morgan fingerprint density at radius 1 is 1.27 bits per heavy atom. The maximum Gasteiger partial charge on any atom is 0.331 e. The van der Waals surface area contributed by atoms with Gasteiger partial charge in [-0.25, -0.2) is 4.79 Å². The minimum atomic E-state index is -0.920. The zero-order valence-electron chi connectivity index (χ0n) is 7.72. The molecule has 80 valence electrons. The van der Waals surface area contributed by atoms with Crippen molar-refractivity contribution in [3.05, 3.63) is 36.7 Å². The number of benzene rings is 1. The first-order valence-electron chi connectivity index (χ1n) is 3.98. The number of rotatable bonds is 2. The molecule has 0 saturated heterocycles. The molecule has 0 amide bonds. The molecule has 0 heterocycles. The summed E-state index contributed by atoms with van der Waals surface area (Å²) in [5.41, 5.74) is 1.11. The molecule has 0 aliphatic rings. The fourth-order valence-electron chi connectivity index (χ4n) is 0.970. The van der Waals surface area contributed by atoms with E-state index in [1.165, 1.54) is 0 Å². The van der Waals surface area contributed by atoms with Crippen molar-refractivity contribution in [3.8, 4) is 0 Å². The molecule has 5 heteroatoms. The van der Waals surface area contributed by atoms with Gasteiger partial charge in [-0.15, -0.1) is 0 Å². The maximum absolute atomic E-state index is 10.7. The Hall–Kier alpha value is -0.130. The summed E-state index contributed by atoms with van der Waals surface area (Å²) in [4.78, 5) is 10.7. The van der Waals surface area contributed by atoms with E-state index >= 15 is 0 Å². The molecule has 2 nitrogen and oxygen atoms in total. The van der Waals surface area contributed by atoms with Crippen LogP contribution in [0.4, 0.5) is 0 Å². The number of halogens is 3. The van der Waals surface area contributed by atoms with Gasteiger partial charge in [0.1, 0.15) is 0 Å². The highest BCUT2D eigenvalue weighted by Crippen LogP contribution is 2.31. The Morgan fingerprint density at radius 3 is 2.13 bits per heavy atom. The van der Waals surface area contributed by atoms with Gasteiger partial charge in [-0.2, -0.15) is 0 Å². The maximum atomic E-state index is 10.7. The van der Waals surface area contributed by atoms with Crippen molar-refractivity contribution < 1.29 is 9.90 Å². The van der Waals surface area contributed by atoms with Crippen LogP contribution >= 0.6 is 47.8 Å². The van der Waals surface area contributed by atoms with Crippen LogP contribution < -0.4 is 0 Å². The van der Waals surface area contributed by atoms with Crippen LogP contribution in [0.5, 0.6) is 0 Å². The lowest BCUT2D eigenvalue weighted by atomic mass is 10.1. The standard InChI is InChI=1S/C10H7Br3O2/c1-5(10(14)15)2-7-8(12)3-6(11)4-9(7)13/h2-4H,1H3,(H,14,15). The summed E-state index contributed by atoms with van der Waals surface area (Å²) in [5, 5.41) is 8.77. The van der Waals surface area contributed by atoms with Crippen molar-refractivity contribution in [2.75, 3.05) is 0 Å². The Morgan fingerprint density at radius 2 is 1.73 bits per heavy atom. The third kappa shape index (κ3) is 3.43.